The molecular formula is C16H32N2. The van der Waals surface area contributed by atoms with Crippen molar-refractivity contribution in [2.75, 3.05) is 0 Å². The van der Waals surface area contributed by atoms with Crippen molar-refractivity contribution >= 4 is 0 Å². The summed E-state index contributed by atoms with van der Waals surface area (Å²) >= 11 is 0. The zero-order valence-electron chi connectivity index (χ0n) is 12.5. The molecule has 106 valence electrons. The lowest BCUT2D eigenvalue weighted by Crippen LogP contribution is -2.53. The summed E-state index contributed by atoms with van der Waals surface area (Å²) in [7, 11) is 0. The lowest BCUT2D eigenvalue weighted by molar-refractivity contribution is 0.151. The molecule has 2 nitrogen and oxygen atoms in total. The van der Waals surface area contributed by atoms with Crippen molar-refractivity contribution < 1.29 is 0 Å². The molecule has 0 aromatic heterocycles. The van der Waals surface area contributed by atoms with E-state index in [1.807, 2.05) is 0 Å². The maximum absolute atomic E-state index is 6.02. The maximum atomic E-state index is 6.02. The molecule has 3 N–H and O–H groups in total. The predicted molar refractivity (Wildman–Crippen MR) is 78.6 cm³/mol. The van der Waals surface area contributed by atoms with Crippen LogP contribution in [0.1, 0.15) is 72.1 Å². The summed E-state index contributed by atoms with van der Waals surface area (Å²) in [4.78, 5) is 0. The lowest BCUT2D eigenvalue weighted by atomic mass is 9.74. The first-order valence-electron chi connectivity index (χ1n) is 8.00. The molecule has 0 unspecified atom stereocenters. The zero-order chi connectivity index (χ0) is 13.2. The molecule has 0 aromatic carbocycles. The van der Waals surface area contributed by atoms with E-state index in [1.165, 1.54) is 51.4 Å². The van der Waals surface area contributed by atoms with E-state index in [1.54, 1.807) is 0 Å². The van der Waals surface area contributed by atoms with Gasteiger partial charge in [-0.15, -0.1) is 0 Å². The van der Waals surface area contributed by atoms with Crippen LogP contribution in [0.4, 0.5) is 0 Å². The van der Waals surface area contributed by atoms with Gasteiger partial charge >= 0.3 is 0 Å². The first kappa shape index (κ1) is 14.3. The summed E-state index contributed by atoms with van der Waals surface area (Å²) in [6.07, 6.45) is 10.6. The van der Waals surface area contributed by atoms with E-state index in [4.69, 9.17) is 5.73 Å². The summed E-state index contributed by atoms with van der Waals surface area (Å²) in [6, 6.07) is 1.22. The minimum absolute atomic E-state index is 0.297. The third-order valence-electron chi connectivity index (χ3n) is 5.38. The fourth-order valence-electron chi connectivity index (χ4n) is 3.89. The van der Waals surface area contributed by atoms with Gasteiger partial charge in [0.25, 0.3) is 0 Å². The van der Waals surface area contributed by atoms with Gasteiger partial charge < -0.3 is 11.1 Å². The van der Waals surface area contributed by atoms with E-state index in [2.05, 4.69) is 26.1 Å². The molecule has 0 radical (unpaired) electrons. The topological polar surface area (TPSA) is 38.0 Å². The molecule has 0 aromatic rings. The van der Waals surface area contributed by atoms with E-state index in [-0.39, 0.29) is 0 Å². The first-order valence-corrected chi connectivity index (χ1v) is 8.00. The standard InChI is InChI=1S/C16H32N2/c1-12-4-10-15(11-5-12)18-16(2,3)13-6-8-14(17)9-7-13/h12-15,18H,4-11,17H2,1-3H3. The van der Waals surface area contributed by atoms with Crippen LogP contribution in [0.15, 0.2) is 0 Å². The Balaban J connectivity index is 1.82. The Kier molecular flexibility index (Phi) is 4.71. The second kappa shape index (κ2) is 5.92. The Labute approximate surface area is 113 Å². The molecule has 0 bridgehead atoms. The molecule has 2 aliphatic rings. The van der Waals surface area contributed by atoms with Gasteiger partial charge in [-0.2, -0.15) is 0 Å². The van der Waals surface area contributed by atoms with Gasteiger partial charge in [-0.1, -0.05) is 6.92 Å². The molecule has 2 heteroatoms. The van der Waals surface area contributed by atoms with Gasteiger partial charge in [-0.25, -0.2) is 0 Å². The average Bonchev–Trinajstić information content (AvgIpc) is 2.32. The minimum atomic E-state index is 0.297. The van der Waals surface area contributed by atoms with Crippen molar-refractivity contribution in [3.05, 3.63) is 0 Å². The highest BCUT2D eigenvalue weighted by atomic mass is 15.0. The second-order valence-corrected chi connectivity index (χ2v) is 7.43. The molecule has 0 atom stereocenters. The molecule has 0 spiro atoms. The van der Waals surface area contributed by atoms with Crippen molar-refractivity contribution in [2.24, 2.45) is 17.6 Å². The molecular weight excluding hydrogens is 220 g/mol. The molecule has 2 fully saturated rings. The van der Waals surface area contributed by atoms with Crippen molar-refractivity contribution in [2.45, 2.75) is 89.8 Å². The number of hydrogen-bond donors (Lipinski definition) is 2. The number of rotatable bonds is 3. The first-order chi connectivity index (χ1) is 8.47. The van der Waals surface area contributed by atoms with Crippen LogP contribution in [0.3, 0.4) is 0 Å². The van der Waals surface area contributed by atoms with E-state index >= 15 is 0 Å². The molecule has 2 saturated carbocycles. The van der Waals surface area contributed by atoms with Crippen LogP contribution in [0, 0.1) is 11.8 Å². The van der Waals surface area contributed by atoms with Gasteiger partial charge in [-0.3, -0.25) is 0 Å². The van der Waals surface area contributed by atoms with E-state index in [0.29, 0.717) is 11.6 Å². The summed E-state index contributed by atoms with van der Waals surface area (Å²) in [5, 5.41) is 3.96. The van der Waals surface area contributed by atoms with Crippen LogP contribution in [0.5, 0.6) is 0 Å². The Bertz CT molecular complexity index is 246. The van der Waals surface area contributed by atoms with E-state index in [9.17, 15) is 0 Å². The van der Waals surface area contributed by atoms with Crippen LogP contribution < -0.4 is 11.1 Å². The van der Waals surface area contributed by atoms with Gasteiger partial charge in [0.15, 0.2) is 0 Å². The normalized spacial score (nSPS) is 38.7. The van der Waals surface area contributed by atoms with Gasteiger partial charge in [-0.05, 0) is 77.0 Å². The number of nitrogens with two attached hydrogens (primary N) is 1. The fourth-order valence-corrected chi connectivity index (χ4v) is 3.89. The van der Waals surface area contributed by atoms with Crippen LogP contribution in [0.25, 0.3) is 0 Å². The smallest absolute Gasteiger partial charge is 0.0155 e. The highest BCUT2D eigenvalue weighted by Gasteiger charge is 2.34. The van der Waals surface area contributed by atoms with Gasteiger partial charge in [0.1, 0.15) is 0 Å². The van der Waals surface area contributed by atoms with Crippen LogP contribution in [0.2, 0.25) is 0 Å². The lowest BCUT2D eigenvalue weighted by Gasteiger charge is -2.43. The monoisotopic (exact) mass is 252 g/mol. The Morgan fingerprint density at radius 1 is 0.889 bits per heavy atom. The molecule has 18 heavy (non-hydrogen) atoms. The van der Waals surface area contributed by atoms with Crippen molar-refractivity contribution in [3.8, 4) is 0 Å². The van der Waals surface area contributed by atoms with Crippen LogP contribution in [-0.4, -0.2) is 17.6 Å². The fraction of sp³-hybridized carbons (Fsp3) is 1.00. The molecule has 0 amide bonds. The van der Waals surface area contributed by atoms with E-state index in [0.717, 1.165) is 17.9 Å². The molecule has 0 saturated heterocycles. The van der Waals surface area contributed by atoms with Crippen LogP contribution in [-0.2, 0) is 0 Å². The predicted octanol–water partition coefficient (Wildman–Crippen LogP) is 3.45. The zero-order valence-corrected chi connectivity index (χ0v) is 12.5. The SMILES string of the molecule is CC1CCC(NC(C)(C)C2CCC(N)CC2)CC1. The van der Waals surface area contributed by atoms with Crippen LogP contribution >= 0.6 is 0 Å². The van der Waals surface area contributed by atoms with Crippen molar-refractivity contribution in [1.82, 2.24) is 5.32 Å². The van der Waals surface area contributed by atoms with Crippen molar-refractivity contribution in [1.29, 1.82) is 0 Å². The van der Waals surface area contributed by atoms with Gasteiger partial charge in [0, 0.05) is 17.6 Å². The molecule has 2 rings (SSSR count). The summed E-state index contributed by atoms with van der Waals surface area (Å²) in [5.74, 6) is 1.76. The number of nitrogens with one attached hydrogen (secondary N) is 1. The Hall–Kier alpha value is -0.0800. The Morgan fingerprint density at radius 2 is 1.44 bits per heavy atom. The summed E-state index contributed by atoms with van der Waals surface area (Å²) in [6.45, 7) is 7.21. The maximum Gasteiger partial charge on any atom is 0.0155 e. The van der Waals surface area contributed by atoms with Crippen molar-refractivity contribution in [3.63, 3.8) is 0 Å². The Morgan fingerprint density at radius 3 is 2.00 bits per heavy atom. The van der Waals surface area contributed by atoms with Gasteiger partial charge in [0.05, 0.1) is 0 Å². The third kappa shape index (κ3) is 3.71. The molecule has 0 aliphatic heterocycles. The largest absolute Gasteiger partial charge is 0.328 e. The molecule has 0 heterocycles. The highest BCUT2D eigenvalue weighted by molar-refractivity contribution is 4.93. The number of hydrogen-bond acceptors (Lipinski definition) is 2. The second-order valence-electron chi connectivity index (χ2n) is 7.43. The minimum Gasteiger partial charge on any atom is -0.328 e. The average molecular weight is 252 g/mol. The molecule has 2 aliphatic carbocycles. The van der Waals surface area contributed by atoms with E-state index < -0.39 is 0 Å². The third-order valence-corrected chi connectivity index (χ3v) is 5.38. The summed E-state index contributed by atoms with van der Waals surface area (Å²) < 4.78 is 0. The highest BCUT2D eigenvalue weighted by Crippen LogP contribution is 2.34. The quantitative estimate of drug-likeness (QED) is 0.807. The summed E-state index contributed by atoms with van der Waals surface area (Å²) in [5.41, 5.74) is 6.32. The van der Waals surface area contributed by atoms with Gasteiger partial charge in [0.2, 0.25) is 0 Å².